The van der Waals surface area contributed by atoms with Crippen LogP contribution in [0.25, 0.3) is 22.1 Å². The van der Waals surface area contributed by atoms with Crippen molar-refractivity contribution in [2.45, 2.75) is 26.7 Å². The number of hydrogen-bond acceptors (Lipinski definition) is 6. The number of anilines is 1. The van der Waals surface area contributed by atoms with E-state index in [0.717, 1.165) is 47.2 Å². The van der Waals surface area contributed by atoms with Crippen molar-refractivity contribution < 1.29 is 4.74 Å². The van der Waals surface area contributed by atoms with Crippen molar-refractivity contribution in [2.24, 2.45) is 5.10 Å². The van der Waals surface area contributed by atoms with Gasteiger partial charge in [0.1, 0.15) is 11.3 Å². The van der Waals surface area contributed by atoms with Crippen LogP contribution in [0.5, 0.6) is 5.75 Å². The molecule has 2 heterocycles. The number of hydrogen-bond donors (Lipinski definition) is 2. The van der Waals surface area contributed by atoms with E-state index < -0.39 is 0 Å². The summed E-state index contributed by atoms with van der Waals surface area (Å²) in [6, 6.07) is 13.9. The molecule has 0 spiro atoms. The van der Waals surface area contributed by atoms with Crippen LogP contribution < -0.4 is 10.2 Å². The molecule has 0 saturated carbocycles. The lowest BCUT2D eigenvalue weighted by atomic mass is 10.2. The Morgan fingerprint density at radius 2 is 2.00 bits per heavy atom. The van der Waals surface area contributed by atoms with Crippen LogP contribution in [0, 0.1) is 6.92 Å². The van der Waals surface area contributed by atoms with Gasteiger partial charge < -0.3 is 9.72 Å². The zero-order valence-corrected chi connectivity index (χ0v) is 15.9. The van der Waals surface area contributed by atoms with Gasteiger partial charge in [-0.15, -0.1) is 10.2 Å². The summed E-state index contributed by atoms with van der Waals surface area (Å²) < 4.78 is 5.66. The monoisotopic (exact) mass is 374 g/mol. The minimum atomic E-state index is 0.339. The number of nitrogens with zero attached hydrogens (tertiary/aromatic N) is 4. The Morgan fingerprint density at radius 1 is 1.14 bits per heavy atom. The number of fused-ring (bicyclic) bond motifs is 3. The van der Waals surface area contributed by atoms with Crippen LogP contribution in [0.1, 0.15) is 30.9 Å². The maximum atomic E-state index is 5.66. The van der Waals surface area contributed by atoms with Crippen molar-refractivity contribution in [1.29, 1.82) is 0 Å². The smallest absolute Gasteiger partial charge is 0.265 e. The van der Waals surface area contributed by atoms with E-state index in [9.17, 15) is 0 Å². The molecule has 0 aliphatic rings. The van der Waals surface area contributed by atoms with Crippen LogP contribution in [-0.2, 0) is 0 Å². The van der Waals surface area contributed by atoms with Gasteiger partial charge >= 0.3 is 0 Å². The standard InChI is InChI=1S/C21H22N6O/c1-3-4-11-28-16-8-6-15(7-9-16)13-22-26-21-24-20-19(25-27-21)17-12-14(2)5-10-18(17)23-20/h5-10,12-13H,3-4,11H2,1-2H3,(H2,23,24,26,27)/b22-13+. The number of ether oxygens (including phenoxy) is 1. The second kappa shape index (κ2) is 8.04. The van der Waals surface area contributed by atoms with Crippen LogP contribution in [-0.4, -0.2) is 33.0 Å². The molecule has 0 atom stereocenters. The zero-order chi connectivity index (χ0) is 19.3. The third-order valence-corrected chi connectivity index (χ3v) is 4.39. The third kappa shape index (κ3) is 3.93. The molecule has 7 nitrogen and oxygen atoms in total. The van der Waals surface area contributed by atoms with Gasteiger partial charge in [0, 0.05) is 10.9 Å². The Hall–Kier alpha value is -3.48. The van der Waals surface area contributed by atoms with E-state index in [2.05, 4.69) is 49.7 Å². The summed E-state index contributed by atoms with van der Waals surface area (Å²) in [4.78, 5) is 7.72. The van der Waals surface area contributed by atoms with E-state index in [1.54, 1.807) is 6.21 Å². The molecule has 0 fully saturated rings. The lowest BCUT2D eigenvalue weighted by Gasteiger charge is -2.04. The van der Waals surface area contributed by atoms with Gasteiger partial charge in [0.05, 0.1) is 12.8 Å². The first-order valence-corrected chi connectivity index (χ1v) is 9.37. The number of H-pyrrole nitrogens is 1. The van der Waals surface area contributed by atoms with E-state index in [4.69, 9.17) is 4.74 Å². The Bertz CT molecular complexity index is 1120. The van der Waals surface area contributed by atoms with Gasteiger partial charge in [-0.3, -0.25) is 0 Å². The molecule has 0 amide bonds. The fraction of sp³-hybridized carbons (Fsp3) is 0.238. The number of rotatable bonds is 7. The molecule has 28 heavy (non-hydrogen) atoms. The fourth-order valence-electron chi connectivity index (χ4n) is 2.88. The Balaban J connectivity index is 1.44. The first-order chi connectivity index (χ1) is 13.7. The maximum absolute atomic E-state index is 5.66. The van der Waals surface area contributed by atoms with Crippen molar-refractivity contribution in [3.8, 4) is 5.75 Å². The molecule has 2 aromatic heterocycles. The predicted molar refractivity (Wildman–Crippen MR) is 112 cm³/mol. The summed E-state index contributed by atoms with van der Waals surface area (Å²) in [5.74, 6) is 1.21. The summed E-state index contributed by atoms with van der Waals surface area (Å²) in [5.41, 5.74) is 7.38. The van der Waals surface area contributed by atoms with Crippen LogP contribution in [0.4, 0.5) is 5.95 Å². The molecule has 0 aliphatic carbocycles. The number of aryl methyl sites for hydroxylation is 1. The highest BCUT2D eigenvalue weighted by Gasteiger charge is 2.08. The quantitative estimate of drug-likeness (QED) is 0.284. The molecule has 0 unspecified atom stereocenters. The maximum Gasteiger partial charge on any atom is 0.265 e. The van der Waals surface area contributed by atoms with E-state index >= 15 is 0 Å². The average Bonchev–Trinajstić information content (AvgIpc) is 3.06. The molecule has 0 radical (unpaired) electrons. The topological polar surface area (TPSA) is 88.1 Å². The largest absolute Gasteiger partial charge is 0.494 e. The van der Waals surface area contributed by atoms with Gasteiger partial charge in [0.2, 0.25) is 0 Å². The second-order valence-corrected chi connectivity index (χ2v) is 6.65. The molecular formula is C21H22N6O. The van der Waals surface area contributed by atoms with E-state index in [1.807, 2.05) is 37.3 Å². The molecule has 4 aromatic rings. The number of hydrazone groups is 1. The second-order valence-electron chi connectivity index (χ2n) is 6.65. The van der Waals surface area contributed by atoms with Crippen LogP contribution in [0.2, 0.25) is 0 Å². The molecule has 142 valence electrons. The summed E-state index contributed by atoms with van der Waals surface area (Å²) in [6.45, 7) is 4.94. The van der Waals surface area contributed by atoms with Gasteiger partial charge in [-0.1, -0.05) is 25.0 Å². The highest BCUT2D eigenvalue weighted by molar-refractivity contribution is 6.03. The highest BCUT2D eigenvalue weighted by atomic mass is 16.5. The Kier molecular flexibility index (Phi) is 5.14. The number of aromatic amines is 1. The summed E-state index contributed by atoms with van der Waals surface area (Å²) in [5, 5.41) is 13.6. The van der Waals surface area contributed by atoms with Gasteiger partial charge in [-0.25, -0.2) is 5.43 Å². The van der Waals surface area contributed by atoms with Crippen molar-refractivity contribution in [2.75, 3.05) is 12.0 Å². The van der Waals surface area contributed by atoms with Gasteiger partial charge in [-0.2, -0.15) is 10.1 Å². The normalized spacial score (nSPS) is 11.5. The molecule has 0 bridgehead atoms. The molecule has 2 N–H and O–H groups in total. The molecule has 0 aliphatic heterocycles. The molecule has 0 saturated heterocycles. The highest BCUT2D eigenvalue weighted by Crippen LogP contribution is 2.23. The number of benzene rings is 2. The summed E-state index contributed by atoms with van der Waals surface area (Å²) in [6.07, 6.45) is 3.89. The minimum absolute atomic E-state index is 0.339. The van der Waals surface area contributed by atoms with Crippen molar-refractivity contribution in [3.63, 3.8) is 0 Å². The predicted octanol–water partition coefficient (Wildman–Crippen LogP) is 4.44. The van der Waals surface area contributed by atoms with Crippen LogP contribution >= 0.6 is 0 Å². The van der Waals surface area contributed by atoms with Crippen molar-refractivity contribution in [3.05, 3.63) is 53.6 Å². The molecule has 7 heteroatoms. The van der Waals surface area contributed by atoms with Crippen LogP contribution in [0.3, 0.4) is 0 Å². The fourth-order valence-corrected chi connectivity index (χ4v) is 2.88. The van der Waals surface area contributed by atoms with Crippen molar-refractivity contribution >= 4 is 34.2 Å². The first-order valence-electron chi connectivity index (χ1n) is 9.37. The average molecular weight is 374 g/mol. The van der Waals surface area contributed by atoms with Gasteiger partial charge in [0.15, 0.2) is 5.65 Å². The SMILES string of the molecule is CCCCOc1ccc(/C=N/Nc2nnc3c(n2)[nH]c2ccc(C)cc23)cc1. The number of nitrogens with one attached hydrogen (secondary N) is 2. The third-order valence-electron chi connectivity index (χ3n) is 4.39. The Morgan fingerprint density at radius 3 is 2.82 bits per heavy atom. The lowest BCUT2D eigenvalue weighted by Crippen LogP contribution is -1.99. The Labute approximate surface area is 162 Å². The number of aromatic nitrogens is 4. The minimum Gasteiger partial charge on any atom is -0.494 e. The number of unbranched alkanes of at least 4 members (excludes halogenated alkanes) is 1. The summed E-state index contributed by atoms with van der Waals surface area (Å²) >= 11 is 0. The van der Waals surface area contributed by atoms with Crippen LogP contribution in [0.15, 0.2) is 47.6 Å². The zero-order valence-electron chi connectivity index (χ0n) is 15.9. The van der Waals surface area contributed by atoms with Gasteiger partial charge in [0.25, 0.3) is 5.95 Å². The van der Waals surface area contributed by atoms with E-state index in [-0.39, 0.29) is 0 Å². The first kappa shape index (κ1) is 17.9. The van der Waals surface area contributed by atoms with Crippen molar-refractivity contribution in [1.82, 2.24) is 20.2 Å². The molecule has 2 aromatic carbocycles. The van der Waals surface area contributed by atoms with E-state index in [1.165, 1.54) is 5.56 Å². The molecule has 4 rings (SSSR count). The molecular weight excluding hydrogens is 352 g/mol. The lowest BCUT2D eigenvalue weighted by molar-refractivity contribution is 0.309. The van der Waals surface area contributed by atoms with Gasteiger partial charge in [-0.05, 0) is 55.3 Å². The van der Waals surface area contributed by atoms with E-state index in [0.29, 0.717) is 11.6 Å². The summed E-state index contributed by atoms with van der Waals surface area (Å²) in [7, 11) is 0.